The largest absolute Gasteiger partial charge is 0.380 e. The first-order valence-electron chi connectivity index (χ1n) is 6.81. The van der Waals surface area contributed by atoms with Gasteiger partial charge in [0.2, 0.25) is 5.91 Å². The van der Waals surface area contributed by atoms with E-state index in [2.05, 4.69) is 22.7 Å². The Balaban J connectivity index is 1.89. The molecule has 112 valence electrons. The minimum Gasteiger partial charge on any atom is -0.380 e. The van der Waals surface area contributed by atoms with Crippen LogP contribution >= 0.6 is 11.6 Å². The summed E-state index contributed by atoms with van der Waals surface area (Å²) in [5, 5.41) is 10.8. The minimum atomic E-state index is -0.0705. The maximum Gasteiger partial charge on any atom is 0.241 e. The molecule has 2 aromatic rings. The molecule has 1 aromatic carbocycles. The fourth-order valence-corrected chi connectivity index (χ4v) is 2.19. The van der Waals surface area contributed by atoms with Gasteiger partial charge in [0, 0.05) is 24.3 Å². The molecule has 6 heteroatoms. The lowest BCUT2D eigenvalue weighted by Gasteiger charge is -2.13. The van der Waals surface area contributed by atoms with Gasteiger partial charge < -0.3 is 10.6 Å². The highest BCUT2D eigenvalue weighted by atomic mass is 35.5. The summed E-state index contributed by atoms with van der Waals surface area (Å²) in [5.41, 5.74) is 2.12. The van der Waals surface area contributed by atoms with Crippen molar-refractivity contribution in [3.8, 4) is 0 Å². The number of nitrogens with zero attached hydrogens (tertiary/aromatic N) is 2. The van der Waals surface area contributed by atoms with Crippen LogP contribution in [-0.4, -0.2) is 28.8 Å². The Morgan fingerprint density at radius 2 is 2.10 bits per heavy atom. The fraction of sp³-hybridized carbons (Fsp3) is 0.333. The van der Waals surface area contributed by atoms with Gasteiger partial charge in [-0.05, 0) is 31.0 Å². The average Bonchev–Trinajstić information content (AvgIpc) is 2.88. The number of hydrogen-bond donors (Lipinski definition) is 2. The van der Waals surface area contributed by atoms with Crippen molar-refractivity contribution in [3.05, 3.63) is 47.2 Å². The Bertz CT molecular complexity index is 594. The second-order valence-corrected chi connectivity index (χ2v) is 5.41. The number of aromatic nitrogens is 2. The zero-order valence-corrected chi connectivity index (χ0v) is 12.9. The van der Waals surface area contributed by atoms with Gasteiger partial charge in [-0.3, -0.25) is 9.48 Å². The van der Waals surface area contributed by atoms with Crippen LogP contribution in [0.4, 0.5) is 5.69 Å². The van der Waals surface area contributed by atoms with E-state index < -0.39 is 0 Å². The lowest BCUT2D eigenvalue weighted by atomic mass is 10.1. The van der Waals surface area contributed by atoms with Crippen molar-refractivity contribution >= 4 is 23.2 Å². The summed E-state index contributed by atoms with van der Waals surface area (Å²) >= 11 is 5.87. The molecule has 0 bridgehead atoms. The van der Waals surface area contributed by atoms with E-state index in [0.717, 1.165) is 17.1 Å². The minimum absolute atomic E-state index is 0.0705. The van der Waals surface area contributed by atoms with Crippen molar-refractivity contribution in [3.63, 3.8) is 0 Å². The van der Waals surface area contributed by atoms with Gasteiger partial charge in [0.05, 0.1) is 11.9 Å². The molecule has 1 amide bonds. The van der Waals surface area contributed by atoms with Crippen LogP contribution < -0.4 is 10.6 Å². The maximum atomic E-state index is 11.3. The normalized spacial score (nSPS) is 12.0. The van der Waals surface area contributed by atoms with E-state index in [1.807, 2.05) is 30.5 Å². The third-order valence-corrected chi connectivity index (χ3v) is 3.34. The quantitative estimate of drug-likeness (QED) is 0.861. The molecule has 1 heterocycles. The third kappa shape index (κ3) is 4.79. The molecule has 0 spiro atoms. The molecule has 1 unspecified atom stereocenters. The highest BCUT2D eigenvalue weighted by Gasteiger charge is 2.07. The van der Waals surface area contributed by atoms with Crippen LogP contribution in [0.1, 0.15) is 12.5 Å². The summed E-state index contributed by atoms with van der Waals surface area (Å²) in [4.78, 5) is 11.3. The molecule has 1 aromatic heterocycles. The van der Waals surface area contributed by atoms with Gasteiger partial charge in [0.15, 0.2) is 0 Å². The van der Waals surface area contributed by atoms with Gasteiger partial charge in [-0.1, -0.05) is 23.7 Å². The first-order valence-corrected chi connectivity index (χ1v) is 7.18. The summed E-state index contributed by atoms with van der Waals surface area (Å²) in [6, 6.07) is 8.09. The molecule has 0 saturated heterocycles. The summed E-state index contributed by atoms with van der Waals surface area (Å²) in [5.74, 6) is -0.0705. The van der Waals surface area contributed by atoms with Gasteiger partial charge >= 0.3 is 0 Å². The van der Waals surface area contributed by atoms with Crippen molar-refractivity contribution < 1.29 is 4.79 Å². The number of anilines is 1. The van der Waals surface area contributed by atoms with E-state index in [1.165, 1.54) is 5.56 Å². The van der Waals surface area contributed by atoms with E-state index in [4.69, 9.17) is 11.6 Å². The molecule has 5 nitrogen and oxygen atoms in total. The van der Waals surface area contributed by atoms with Crippen molar-refractivity contribution in [1.82, 2.24) is 15.1 Å². The number of nitrogens with one attached hydrogen (secondary N) is 2. The number of halogens is 1. The smallest absolute Gasteiger partial charge is 0.241 e. The Morgan fingerprint density at radius 1 is 1.38 bits per heavy atom. The second-order valence-electron chi connectivity index (χ2n) is 4.98. The van der Waals surface area contributed by atoms with Crippen LogP contribution in [0.2, 0.25) is 5.02 Å². The molecular formula is C15H19ClN4O. The Hall–Kier alpha value is -2.01. The van der Waals surface area contributed by atoms with Gasteiger partial charge in [0.25, 0.3) is 0 Å². The number of rotatable bonds is 6. The Labute approximate surface area is 129 Å². The van der Waals surface area contributed by atoms with E-state index in [1.54, 1.807) is 17.9 Å². The first-order chi connectivity index (χ1) is 10.1. The number of carbonyl (C=O) groups excluding carboxylic acids is 1. The first kappa shape index (κ1) is 15.4. The van der Waals surface area contributed by atoms with Crippen molar-refractivity contribution in [2.24, 2.45) is 0 Å². The molecule has 0 aliphatic carbocycles. The zero-order chi connectivity index (χ0) is 15.2. The van der Waals surface area contributed by atoms with Crippen molar-refractivity contribution in [2.75, 3.05) is 12.4 Å². The average molecular weight is 307 g/mol. The van der Waals surface area contributed by atoms with E-state index in [0.29, 0.717) is 0 Å². The highest BCUT2D eigenvalue weighted by molar-refractivity contribution is 6.30. The molecule has 0 fully saturated rings. The van der Waals surface area contributed by atoms with Gasteiger partial charge in [-0.15, -0.1) is 0 Å². The van der Waals surface area contributed by atoms with Gasteiger partial charge in [-0.2, -0.15) is 5.10 Å². The lowest BCUT2D eigenvalue weighted by Crippen LogP contribution is -2.23. The Kier molecular flexibility index (Phi) is 5.22. The predicted molar refractivity (Wildman–Crippen MR) is 84.5 cm³/mol. The number of amides is 1. The van der Waals surface area contributed by atoms with Crippen molar-refractivity contribution in [2.45, 2.75) is 25.9 Å². The van der Waals surface area contributed by atoms with Gasteiger partial charge in [-0.25, -0.2) is 0 Å². The summed E-state index contributed by atoms with van der Waals surface area (Å²) in [6.07, 6.45) is 4.44. The fourth-order valence-electron chi connectivity index (χ4n) is 2.06. The zero-order valence-electron chi connectivity index (χ0n) is 12.1. The second kappa shape index (κ2) is 7.13. The lowest BCUT2D eigenvalue weighted by molar-refractivity contribution is -0.121. The van der Waals surface area contributed by atoms with Crippen LogP contribution in [0.25, 0.3) is 0 Å². The number of carbonyl (C=O) groups is 1. The molecule has 1 atom stereocenters. The molecule has 21 heavy (non-hydrogen) atoms. The van der Waals surface area contributed by atoms with E-state index in [-0.39, 0.29) is 18.5 Å². The molecule has 0 radical (unpaired) electrons. The van der Waals surface area contributed by atoms with E-state index >= 15 is 0 Å². The van der Waals surface area contributed by atoms with Gasteiger partial charge in [0.1, 0.15) is 6.54 Å². The standard InChI is InChI=1S/C15H19ClN4O/c1-11(7-12-3-5-13(16)6-4-12)19-14-8-18-20(9-14)10-15(21)17-2/h3-6,8-9,11,19H,7,10H2,1-2H3,(H,17,21). The van der Waals surface area contributed by atoms with Crippen LogP contribution in [0, 0.1) is 0 Å². The van der Waals surface area contributed by atoms with Crippen LogP contribution in [0.3, 0.4) is 0 Å². The maximum absolute atomic E-state index is 11.3. The van der Waals surface area contributed by atoms with Crippen molar-refractivity contribution in [1.29, 1.82) is 0 Å². The summed E-state index contributed by atoms with van der Waals surface area (Å²) < 4.78 is 1.61. The monoisotopic (exact) mass is 306 g/mol. The van der Waals surface area contributed by atoms with Crippen LogP contribution in [0.5, 0.6) is 0 Å². The van der Waals surface area contributed by atoms with Crippen LogP contribution in [0.15, 0.2) is 36.7 Å². The molecule has 2 N–H and O–H groups in total. The predicted octanol–water partition coefficient (Wildman–Crippen LogP) is 2.33. The Morgan fingerprint density at radius 3 is 2.76 bits per heavy atom. The molecule has 2 rings (SSSR count). The van der Waals surface area contributed by atoms with E-state index in [9.17, 15) is 4.79 Å². The summed E-state index contributed by atoms with van der Waals surface area (Å²) in [6.45, 7) is 2.33. The third-order valence-electron chi connectivity index (χ3n) is 3.09. The molecular weight excluding hydrogens is 288 g/mol. The molecule has 0 aliphatic rings. The number of hydrogen-bond acceptors (Lipinski definition) is 3. The van der Waals surface area contributed by atoms with Crippen LogP contribution in [-0.2, 0) is 17.8 Å². The molecule has 0 aliphatic heterocycles. The highest BCUT2D eigenvalue weighted by Crippen LogP contribution is 2.13. The number of benzene rings is 1. The molecule has 0 saturated carbocycles. The SMILES string of the molecule is CNC(=O)Cn1cc(NC(C)Cc2ccc(Cl)cc2)cn1. The summed E-state index contributed by atoms with van der Waals surface area (Å²) in [7, 11) is 1.61. The topological polar surface area (TPSA) is 59.0 Å². The number of likely N-dealkylation sites (N-methyl/N-ethyl adjacent to an activating group) is 1.